The standard InChI is InChI=1S/C15H23NO5/c1-4-13(15(17)18)21-14-6-5-12(20-3)9-11(14)10-16-7-8-19-2/h5-6,9,13,16H,4,7-8,10H2,1-3H3,(H,17,18). The van der Waals surface area contributed by atoms with Gasteiger partial charge in [0.15, 0.2) is 6.10 Å². The van der Waals surface area contributed by atoms with Crippen molar-refractivity contribution in [3.05, 3.63) is 23.8 Å². The number of carboxylic acid groups (broad SMARTS) is 1. The molecule has 0 saturated carbocycles. The summed E-state index contributed by atoms with van der Waals surface area (Å²) in [5.41, 5.74) is 0.852. The van der Waals surface area contributed by atoms with E-state index in [0.717, 1.165) is 5.56 Å². The van der Waals surface area contributed by atoms with E-state index >= 15 is 0 Å². The van der Waals surface area contributed by atoms with E-state index in [9.17, 15) is 4.79 Å². The van der Waals surface area contributed by atoms with Gasteiger partial charge >= 0.3 is 5.97 Å². The van der Waals surface area contributed by atoms with Gasteiger partial charge in [0.1, 0.15) is 11.5 Å². The lowest BCUT2D eigenvalue weighted by Gasteiger charge is -2.17. The van der Waals surface area contributed by atoms with Gasteiger partial charge in [0.25, 0.3) is 0 Å². The highest BCUT2D eigenvalue weighted by atomic mass is 16.5. The summed E-state index contributed by atoms with van der Waals surface area (Å²) in [5.74, 6) is 0.288. The van der Waals surface area contributed by atoms with Crippen LogP contribution in [0.2, 0.25) is 0 Å². The number of rotatable bonds is 10. The molecule has 0 bridgehead atoms. The molecule has 0 fully saturated rings. The molecule has 6 nitrogen and oxygen atoms in total. The minimum absolute atomic E-state index is 0.401. The molecule has 0 aliphatic heterocycles. The van der Waals surface area contributed by atoms with Crippen LogP contribution in [0.4, 0.5) is 0 Å². The maximum absolute atomic E-state index is 11.1. The van der Waals surface area contributed by atoms with Gasteiger partial charge in [-0.2, -0.15) is 0 Å². The van der Waals surface area contributed by atoms with Gasteiger partial charge in [-0.25, -0.2) is 4.79 Å². The lowest BCUT2D eigenvalue weighted by molar-refractivity contribution is -0.145. The van der Waals surface area contributed by atoms with Gasteiger partial charge in [0.2, 0.25) is 0 Å². The van der Waals surface area contributed by atoms with E-state index in [1.807, 2.05) is 6.07 Å². The van der Waals surface area contributed by atoms with Gasteiger partial charge in [-0.1, -0.05) is 6.92 Å². The number of hydrogen-bond donors (Lipinski definition) is 2. The summed E-state index contributed by atoms with van der Waals surface area (Å²) >= 11 is 0. The fourth-order valence-corrected chi connectivity index (χ4v) is 1.79. The molecule has 6 heteroatoms. The van der Waals surface area contributed by atoms with Crippen LogP contribution >= 0.6 is 0 Å². The number of carboxylic acids is 1. The van der Waals surface area contributed by atoms with Crippen molar-refractivity contribution in [3.8, 4) is 11.5 Å². The molecule has 0 heterocycles. The Hall–Kier alpha value is -1.79. The van der Waals surface area contributed by atoms with E-state index in [2.05, 4.69) is 5.32 Å². The summed E-state index contributed by atoms with van der Waals surface area (Å²) in [4.78, 5) is 11.1. The topological polar surface area (TPSA) is 77.0 Å². The predicted molar refractivity (Wildman–Crippen MR) is 78.9 cm³/mol. The van der Waals surface area contributed by atoms with Crippen molar-refractivity contribution in [1.82, 2.24) is 5.32 Å². The Morgan fingerprint density at radius 1 is 1.38 bits per heavy atom. The molecule has 118 valence electrons. The second-order valence-electron chi connectivity index (χ2n) is 4.50. The van der Waals surface area contributed by atoms with Gasteiger partial charge in [-0.3, -0.25) is 0 Å². The summed E-state index contributed by atoms with van der Waals surface area (Å²) in [6.07, 6.45) is -0.450. The SMILES string of the molecule is CCC(Oc1ccc(OC)cc1CNCCOC)C(=O)O. The molecule has 1 unspecified atom stereocenters. The van der Waals surface area contributed by atoms with E-state index in [4.69, 9.17) is 19.3 Å². The molecule has 0 saturated heterocycles. The summed E-state index contributed by atoms with van der Waals surface area (Å²) in [7, 11) is 3.23. The first-order chi connectivity index (χ1) is 10.1. The maximum Gasteiger partial charge on any atom is 0.344 e. The van der Waals surface area contributed by atoms with Crippen molar-refractivity contribution in [2.24, 2.45) is 0 Å². The summed E-state index contributed by atoms with van der Waals surface area (Å²) < 4.78 is 15.8. The monoisotopic (exact) mass is 297 g/mol. The first-order valence-electron chi connectivity index (χ1n) is 6.88. The van der Waals surface area contributed by atoms with Crippen LogP contribution in [0.3, 0.4) is 0 Å². The molecule has 2 N–H and O–H groups in total. The number of nitrogens with one attached hydrogen (secondary N) is 1. The van der Waals surface area contributed by atoms with Crippen molar-refractivity contribution in [1.29, 1.82) is 0 Å². The van der Waals surface area contributed by atoms with Crippen LogP contribution in [0.1, 0.15) is 18.9 Å². The van der Waals surface area contributed by atoms with Gasteiger partial charge < -0.3 is 24.6 Å². The molecule has 0 aliphatic carbocycles. The zero-order valence-electron chi connectivity index (χ0n) is 12.7. The quantitative estimate of drug-likeness (QED) is 0.640. The lowest BCUT2D eigenvalue weighted by Crippen LogP contribution is -2.27. The van der Waals surface area contributed by atoms with Gasteiger partial charge in [-0.15, -0.1) is 0 Å². The molecule has 0 aromatic heterocycles. The molecule has 1 rings (SSSR count). The molecule has 1 atom stereocenters. The highest BCUT2D eigenvalue weighted by Crippen LogP contribution is 2.25. The number of ether oxygens (including phenoxy) is 3. The fourth-order valence-electron chi connectivity index (χ4n) is 1.79. The second kappa shape index (κ2) is 9.20. The van der Waals surface area contributed by atoms with Crippen molar-refractivity contribution in [2.75, 3.05) is 27.4 Å². The lowest BCUT2D eigenvalue weighted by atomic mass is 10.1. The van der Waals surface area contributed by atoms with Gasteiger partial charge in [0.05, 0.1) is 13.7 Å². The number of benzene rings is 1. The predicted octanol–water partition coefficient (Wildman–Crippen LogP) is 1.67. The Bertz CT molecular complexity index is 450. The smallest absolute Gasteiger partial charge is 0.344 e. The minimum Gasteiger partial charge on any atom is -0.497 e. The molecule has 0 aliphatic rings. The van der Waals surface area contributed by atoms with Crippen LogP contribution in [-0.2, 0) is 16.1 Å². The van der Waals surface area contributed by atoms with Crippen LogP contribution in [0.25, 0.3) is 0 Å². The van der Waals surface area contributed by atoms with Gasteiger partial charge in [-0.05, 0) is 24.6 Å². The van der Waals surface area contributed by atoms with Gasteiger partial charge in [0, 0.05) is 25.8 Å². The first kappa shape index (κ1) is 17.3. The molecular formula is C15H23NO5. The van der Waals surface area contributed by atoms with Crippen molar-refractivity contribution < 1.29 is 24.1 Å². The van der Waals surface area contributed by atoms with Crippen molar-refractivity contribution >= 4 is 5.97 Å². The molecule has 1 aromatic carbocycles. The Morgan fingerprint density at radius 3 is 2.71 bits per heavy atom. The number of aliphatic carboxylic acids is 1. The summed E-state index contributed by atoms with van der Waals surface area (Å²) in [6.45, 7) is 3.63. The average molecular weight is 297 g/mol. The van der Waals surface area contributed by atoms with Crippen LogP contribution in [0.15, 0.2) is 18.2 Å². The fraction of sp³-hybridized carbons (Fsp3) is 0.533. The molecule has 0 spiro atoms. The number of carbonyl (C=O) groups is 1. The molecule has 1 aromatic rings. The normalized spacial score (nSPS) is 12.0. The average Bonchev–Trinajstić information content (AvgIpc) is 2.49. The third-order valence-electron chi connectivity index (χ3n) is 2.98. The minimum atomic E-state index is -0.966. The van der Waals surface area contributed by atoms with E-state index in [0.29, 0.717) is 37.6 Å². The molecular weight excluding hydrogens is 274 g/mol. The first-order valence-corrected chi connectivity index (χ1v) is 6.88. The molecule has 0 radical (unpaired) electrons. The molecule has 0 amide bonds. The Balaban J connectivity index is 2.82. The van der Waals surface area contributed by atoms with E-state index in [-0.39, 0.29) is 0 Å². The van der Waals surface area contributed by atoms with Crippen LogP contribution < -0.4 is 14.8 Å². The Kier molecular flexibility index (Phi) is 7.56. The second-order valence-corrected chi connectivity index (χ2v) is 4.50. The Labute approximate surface area is 125 Å². The summed E-state index contributed by atoms with van der Waals surface area (Å²) in [6, 6.07) is 5.32. The number of methoxy groups -OCH3 is 2. The van der Waals surface area contributed by atoms with Crippen LogP contribution in [-0.4, -0.2) is 44.6 Å². The third-order valence-corrected chi connectivity index (χ3v) is 2.98. The number of hydrogen-bond acceptors (Lipinski definition) is 5. The molecule has 21 heavy (non-hydrogen) atoms. The zero-order valence-corrected chi connectivity index (χ0v) is 12.7. The maximum atomic E-state index is 11.1. The largest absolute Gasteiger partial charge is 0.497 e. The highest BCUT2D eigenvalue weighted by molar-refractivity contribution is 5.72. The van der Waals surface area contributed by atoms with Crippen molar-refractivity contribution in [2.45, 2.75) is 26.0 Å². The van der Waals surface area contributed by atoms with E-state index in [1.54, 1.807) is 33.3 Å². The van der Waals surface area contributed by atoms with Crippen LogP contribution in [0, 0.1) is 0 Å². The van der Waals surface area contributed by atoms with E-state index in [1.165, 1.54) is 0 Å². The zero-order chi connectivity index (χ0) is 15.7. The van der Waals surface area contributed by atoms with Crippen molar-refractivity contribution in [3.63, 3.8) is 0 Å². The highest BCUT2D eigenvalue weighted by Gasteiger charge is 2.18. The Morgan fingerprint density at radius 2 is 2.14 bits per heavy atom. The van der Waals surface area contributed by atoms with E-state index < -0.39 is 12.1 Å². The summed E-state index contributed by atoms with van der Waals surface area (Å²) in [5, 5.41) is 12.3. The van der Waals surface area contributed by atoms with Crippen LogP contribution in [0.5, 0.6) is 11.5 Å². The third kappa shape index (κ3) is 5.61.